The molecule has 11 nitrogen and oxygen atoms in total. The predicted molar refractivity (Wildman–Crippen MR) is 102 cm³/mol. The second-order valence-corrected chi connectivity index (χ2v) is 7.65. The lowest BCUT2D eigenvalue weighted by molar-refractivity contribution is -0.149. The quantitative estimate of drug-likeness (QED) is 0.299. The Hall–Kier alpha value is -2.69. The van der Waals surface area contributed by atoms with Gasteiger partial charge < -0.3 is 31.5 Å². The van der Waals surface area contributed by atoms with Crippen molar-refractivity contribution in [1.29, 1.82) is 0 Å². The van der Waals surface area contributed by atoms with E-state index in [1.54, 1.807) is 0 Å². The Bertz CT molecular complexity index is 652. The van der Waals surface area contributed by atoms with E-state index in [9.17, 15) is 29.1 Å². The number of hydrogen-bond acceptors (Lipinski definition) is 6. The summed E-state index contributed by atoms with van der Waals surface area (Å²) in [6.07, 6.45) is 0.642. The molecule has 1 aliphatic heterocycles. The van der Waals surface area contributed by atoms with Gasteiger partial charge in [-0.05, 0) is 32.1 Å². The number of carbonyl (C=O) groups excluding carboxylic acids is 3. The molecule has 6 N–H and O–H groups in total. The van der Waals surface area contributed by atoms with Crippen LogP contribution in [-0.2, 0) is 24.0 Å². The van der Waals surface area contributed by atoms with Gasteiger partial charge in [0.05, 0.1) is 12.5 Å². The van der Waals surface area contributed by atoms with Gasteiger partial charge in [-0.15, -0.1) is 0 Å². The first-order chi connectivity index (χ1) is 13.4. The van der Waals surface area contributed by atoms with Crippen molar-refractivity contribution in [2.75, 3.05) is 6.54 Å². The highest BCUT2D eigenvalue weighted by atomic mass is 16.4. The average molecular weight is 414 g/mol. The molecule has 1 aliphatic rings. The van der Waals surface area contributed by atoms with Crippen molar-refractivity contribution in [2.45, 2.75) is 70.6 Å². The van der Waals surface area contributed by atoms with Gasteiger partial charge in [-0.2, -0.15) is 0 Å². The van der Waals surface area contributed by atoms with Gasteiger partial charge in [-0.3, -0.25) is 19.2 Å². The summed E-state index contributed by atoms with van der Waals surface area (Å²) >= 11 is 0. The summed E-state index contributed by atoms with van der Waals surface area (Å²) in [5.41, 5.74) is 5.47. The zero-order valence-electron chi connectivity index (χ0n) is 16.9. The minimum Gasteiger partial charge on any atom is -0.481 e. The second kappa shape index (κ2) is 10.7. The van der Waals surface area contributed by atoms with Gasteiger partial charge in [0.25, 0.3) is 0 Å². The van der Waals surface area contributed by atoms with Gasteiger partial charge in [-0.25, -0.2) is 4.79 Å². The topological polar surface area (TPSA) is 179 Å². The first kappa shape index (κ1) is 24.3. The Morgan fingerprint density at radius 2 is 1.69 bits per heavy atom. The molecule has 4 atom stereocenters. The summed E-state index contributed by atoms with van der Waals surface area (Å²) in [4.78, 5) is 60.5. The van der Waals surface area contributed by atoms with E-state index >= 15 is 0 Å². The van der Waals surface area contributed by atoms with Crippen LogP contribution in [0.15, 0.2) is 0 Å². The highest BCUT2D eigenvalue weighted by Gasteiger charge is 2.38. The van der Waals surface area contributed by atoms with E-state index in [0.717, 1.165) is 0 Å². The lowest BCUT2D eigenvalue weighted by atomic mass is 10.0. The molecule has 164 valence electrons. The van der Waals surface area contributed by atoms with E-state index in [1.807, 2.05) is 13.8 Å². The lowest BCUT2D eigenvalue weighted by Gasteiger charge is -2.29. The van der Waals surface area contributed by atoms with Crippen LogP contribution in [0.3, 0.4) is 0 Å². The Morgan fingerprint density at radius 1 is 1.07 bits per heavy atom. The molecule has 11 heteroatoms. The Morgan fingerprint density at radius 3 is 2.21 bits per heavy atom. The molecule has 0 aromatic heterocycles. The van der Waals surface area contributed by atoms with Gasteiger partial charge in [0.15, 0.2) is 0 Å². The molecule has 3 amide bonds. The third-order valence-electron chi connectivity index (χ3n) is 4.63. The number of nitrogens with two attached hydrogens (primary N) is 1. The fourth-order valence-corrected chi connectivity index (χ4v) is 3.14. The summed E-state index contributed by atoms with van der Waals surface area (Å²) in [6.45, 7) is 5.41. The number of carboxylic acid groups (broad SMARTS) is 2. The molecule has 0 bridgehead atoms. The highest BCUT2D eigenvalue weighted by Crippen LogP contribution is 2.20. The molecule has 0 aromatic carbocycles. The van der Waals surface area contributed by atoms with Crippen LogP contribution in [0.5, 0.6) is 0 Å². The fraction of sp³-hybridized carbons (Fsp3) is 0.722. The molecule has 0 radical (unpaired) electrons. The standard InChI is InChI=1S/C18H30N4O7/c1-9(2)7-12(17(27)22-6-4-5-13(22)18(28)29)21-15(25)10(3)20-16(26)11(19)8-14(23)24/h9-13H,4-8,19H2,1-3H3,(H,20,26)(H,21,25)(H,23,24)(H,28,29). The first-order valence-corrected chi connectivity index (χ1v) is 9.55. The van der Waals surface area contributed by atoms with E-state index in [-0.39, 0.29) is 5.92 Å². The molecule has 1 fully saturated rings. The minimum atomic E-state index is -1.31. The van der Waals surface area contributed by atoms with Crippen molar-refractivity contribution in [3.63, 3.8) is 0 Å². The number of aliphatic carboxylic acids is 2. The number of hydrogen-bond donors (Lipinski definition) is 5. The molecule has 0 aliphatic carbocycles. The number of nitrogens with one attached hydrogen (secondary N) is 2. The maximum Gasteiger partial charge on any atom is 0.326 e. The first-order valence-electron chi connectivity index (χ1n) is 9.55. The molecule has 29 heavy (non-hydrogen) atoms. The number of carboxylic acids is 2. The Kier molecular flexibility index (Phi) is 9.02. The zero-order chi connectivity index (χ0) is 22.3. The normalized spacial score (nSPS) is 19.3. The van der Waals surface area contributed by atoms with Crippen molar-refractivity contribution < 1.29 is 34.2 Å². The minimum absolute atomic E-state index is 0.0454. The molecule has 0 spiro atoms. The number of carbonyl (C=O) groups is 5. The third-order valence-corrected chi connectivity index (χ3v) is 4.63. The van der Waals surface area contributed by atoms with E-state index in [2.05, 4.69) is 10.6 Å². The largest absolute Gasteiger partial charge is 0.481 e. The zero-order valence-corrected chi connectivity index (χ0v) is 16.9. The summed E-state index contributed by atoms with van der Waals surface area (Å²) in [5, 5.41) is 22.9. The fourth-order valence-electron chi connectivity index (χ4n) is 3.14. The van der Waals surface area contributed by atoms with E-state index in [4.69, 9.17) is 10.8 Å². The molecule has 0 aromatic rings. The average Bonchev–Trinajstić information content (AvgIpc) is 3.09. The number of likely N-dealkylation sites (tertiary alicyclic amines) is 1. The monoisotopic (exact) mass is 414 g/mol. The van der Waals surface area contributed by atoms with Crippen molar-refractivity contribution in [3.8, 4) is 0 Å². The van der Waals surface area contributed by atoms with Crippen LogP contribution in [0.2, 0.25) is 0 Å². The lowest BCUT2D eigenvalue weighted by Crippen LogP contribution is -2.56. The molecular weight excluding hydrogens is 384 g/mol. The van der Waals surface area contributed by atoms with Gasteiger partial charge in [0.1, 0.15) is 18.1 Å². The van der Waals surface area contributed by atoms with Crippen LogP contribution in [-0.4, -0.2) is 75.5 Å². The number of rotatable bonds is 10. The van der Waals surface area contributed by atoms with Crippen LogP contribution < -0.4 is 16.4 Å². The van der Waals surface area contributed by atoms with Crippen molar-refractivity contribution in [3.05, 3.63) is 0 Å². The van der Waals surface area contributed by atoms with E-state index in [1.165, 1.54) is 11.8 Å². The summed E-state index contributed by atoms with van der Waals surface area (Å²) < 4.78 is 0. The summed E-state index contributed by atoms with van der Waals surface area (Å²) in [7, 11) is 0. The molecule has 1 saturated heterocycles. The second-order valence-electron chi connectivity index (χ2n) is 7.65. The van der Waals surface area contributed by atoms with Crippen molar-refractivity contribution >= 4 is 29.7 Å². The van der Waals surface area contributed by atoms with Crippen molar-refractivity contribution in [1.82, 2.24) is 15.5 Å². The van der Waals surface area contributed by atoms with E-state index in [0.29, 0.717) is 25.8 Å². The number of amides is 3. The highest BCUT2D eigenvalue weighted by molar-refractivity contribution is 5.94. The van der Waals surface area contributed by atoms with Gasteiger partial charge in [0.2, 0.25) is 17.7 Å². The van der Waals surface area contributed by atoms with Gasteiger partial charge >= 0.3 is 11.9 Å². The predicted octanol–water partition coefficient (Wildman–Crippen LogP) is -1.10. The smallest absolute Gasteiger partial charge is 0.326 e. The van der Waals surface area contributed by atoms with Gasteiger partial charge in [-0.1, -0.05) is 13.8 Å². The maximum absolute atomic E-state index is 12.9. The van der Waals surface area contributed by atoms with Crippen LogP contribution in [0.4, 0.5) is 0 Å². The molecule has 1 rings (SSSR count). The number of nitrogens with zero attached hydrogens (tertiary/aromatic N) is 1. The van der Waals surface area contributed by atoms with Crippen molar-refractivity contribution in [2.24, 2.45) is 11.7 Å². The van der Waals surface area contributed by atoms with Crippen LogP contribution >= 0.6 is 0 Å². The molecule has 1 heterocycles. The van der Waals surface area contributed by atoms with Crippen LogP contribution in [0.25, 0.3) is 0 Å². The SMILES string of the molecule is CC(C)CC(NC(=O)C(C)NC(=O)C(N)CC(=O)O)C(=O)N1CCCC1C(=O)O. The third kappa shape index (κ3) is 7.33. The van der Waals surface area contributed by atoms with Crippen LogP contribution in [0.1, 0.15) is 46.5 Å². The summed E-state index contributed by atoms with van der Waals surface area (Å²) in [6, 6.07) is -4.22. The van der Waals surface area contributed by atoms with Crippen LogP contribution in [0, 0.1) is 5.92 Å². The Balaban J connectivity index is 2.80. The molecule has 0 saturated carbocycles. The summed E-state index contributed by atoms with van der Waals surface area (Å²) in [5.74, 6) is -4.20. The van der Waals surface area contributed by atoms with E-state index < -0.39 is 60.2 Å². The molecular formula is C18H30N4O7. The molecule has 4 unspecified atom stereocenters. The maximum atomic E-state index is 12.9. The van der Waals surface area contributed by atoms with Gasteiger partial charge in [0, 0.05) is 6.54 Å². The Labute approximate surface area is 169 Å².